The van der Waals surface area contributed by atoms with Crippen molar-refractivity contribution in [1.29, 1.82) is 0 Å². The average Bonchev–Trinajstić information content (AvgIpc) is 2.48. The maximum Gasteiger partial charge on any atom is 0.157 e. The molecule has 2 aliphatic heterocycles. The highest BCUT2D eigenvalue weighted by molar-refractivity contribution is 4.97. The van der Waals surface area contributed by atoms with Crippen molar-refractivity contribution in [2.45, 2.75) is 109 Å². The zero-order valence-corrected chi connectivity index (χ0v) is 16.4. The van der Waals surface area contributed by atoms with Gasteiger partial charge in [-0.15, -0.1) is 0 Å². The fourth-order valence-corrected chi connectivity index (χ4v) is 4.21. The third-order valence-corrected chi connectivity index (χ3v) is 4.99. The number of hydrogen-bond donors (Lipinski definition) is 1. The van der Waals surface area contributed by atoms with Gasteiger partial charge in [0, 0.05) is 30.9 Å². The molecule has 0 spiro atoms. The number of unbranched alkanes of at least 4 members (excludes halogenated alkanes) is 3. The van der Waals surface area contributed by atoms with Gasteiger partial charge in [0.25, 0.3) is 0 Å². The van der Waals surface area contributed by atoms with Crippen LogP contribution in [0.1, 0.15) is 85.5 Å². The topological polar surface area (TPSA) is 39.7 Å². The summed E-state index contributed by atoms with van der Waals surface area (Å²) >= 11 is 0. The smallest absolute Gasteiger partial charge is 0.157 e. The van der Waals surface area contributed by atoms with Gasteiger partial charge in [0.2, 0.25) is 0 Å². The van der Waals surface area contributed by atoms with E-state index in [0.29, 0.717) is 6.10 Å². The molecule has 2 saturated heterocycles. The normalized spacial score (nSPS) is 27.2. The van der Waals surface area contributed by atoms with Crippen LogP contribution in [0.2, 0.25) is 0 Å². The molecule has 24 heavy (non-hydrogen) atoms. The summed E-state index contributed by atoms with van der Waals surface area (Å²) in [5, 5.41) is 3.71. The molecule has 1 N–H and O–H groups in total. The van der Waals surface area contributed by atoms with E-state index in [1.807, 2.05) is 0 Å². The molecule has 4 nitrogen and oxygen atoms in total. The molecular formula is C20H39NO3. The Kier molecular flexibility index (Phi) is 7.99. The number of rotatable bonds is 9. The summed E-state index contributed by atoms with van der Waals surface area (Å²) in [6.45, 7) is 11.7. The zero-order chi connectivity index (χ0) is 17.5. The van der Waals surface area contributed by atoms with Gasteiger partial charge in [-0.2, -0.15) is 0 Å². The maximum absolute atomic E-state index is 6.16. The first-order valence-electron chi connectivity index (χ1n) is 10.0. The van der Waals surface area contributed by atoms with Gasteiger partial charge in [0.15, 0.2) is 6.29 Å². The molecule has 142 valence electrons. The van der Waals surface area contributed by atoms with E-state index < -0.39 is 0 Å². The second-order valence-corrected chi connectivity index (χ2v) is 8.87. The summed E-state index contributed by atoms with van der Waals surface area (Å²) in [7, 11) is 0. The summed E-state index contributed by atoms with van der Waals surface area (Å²) in [6, 6.07) is 0. The minimum Gasteiger partial charge on any atom is -0.378 e. The predicted molar refractivity (Wildman–Crippen MR) is 98.3 cm³/mol. The van der Waals surface area contributed by atoms with Crippen molar-refractivity contribution in [2.24, 2.45) is 0 Å². The number of hydrogen-bond acceptors (Lipinski definition) is 4. The first kappa shape index (κ1) is 20.2. The van der Waals surface area contributed by atoms with Gasteiger partial charge >= 0.3 is 0 Å². The summed E-state index contributed by atoms with van der Waals surface area (Å²) in [6.07, 6.45) is 10.9. The lowest BCUT2D eigenvalue weighted by atomic mass is 9.81. The van der Waals surface area contributed by atoms with E-state index in [1.165, 1.54) is 25.7 Å². The summed E-state index contributed by atoms with van der Waals surface area (Å²) in [4.78, 5) is 0. The van der Waals surface area contributed by atoms with Crippen LogP contribution in [-0.2, 0) is 14.2 Å². The van der Waals surface area contributed by atoms with Crippen molar-refractivity contribution in [3.63, 3.8) is 0 Å². The first-order chi connectivity index (χ1) is 11.4. The lowest BCUT2D eigenvalue weighted by molar-refractivity contribution is -0.162. The highest BCUT2D eigenvalue weighted by atomic mass is 16.7. The molecule has 2 aliphatic rings. The van der Waals surface area contributed by atoms with Crippen LogP contribution in [0.5, 0.6) is 0 Å². The van der Waals surface area contributed by atoms with Gasteiger partial charge in [-0.25, -0.2) is 0 Å². The minimum absolute atomic E-state index is 0.0636. The van der Waals surface area contributed by atoms with Crippen LogP contribution in [0.15, 0.2) is 0 Å². The van der Waals surface area contributed by atoms with Gasteiger partial charge < -0.3 is 19.5 Å². The van der Waals surface area contributed by atoms with Crippen molar-refractivity contribution < 1.29 is 14.2 Å². The molecule has 0 aromatic carbocycles. The Bertz CT molecular complexity index is 335. The third-order valence-electron chi connectivity index (χ3n) is 4.99. The molecule has 4 heteroatoms. The second kappa shape index (κ2) is 9.51. The van der Waals surface area contributed by atoms with Crippen molar-refractivity contribution in [2.75, 3.05) is 19.8 Å². The molecule has 1 unspecified atom stereocenters. The van der Waals surface area contributed by atoms with E-state index in [0.717, 1.165) is 51.9 Å². The van der Waals surface area contributed by atoms with Crippen molar-refractivity contribution in [1.82, 2.24) is 5.32 Å². The fraction of sp³-hybridized carbons (Fsp3) is 1.00. The van der Waals surface area contributed by atoms with Crippen LogP contribution in [0, 0.1) is 0 Å². The van der Waals surface area contributed by atoms with Crippen LogP contribution in [0.4, 0.5) is 0 Å². The summed E-state index contributed by atoms with van der Waals surface area (Å²) < 4.78 is 17.5. The average molecular weight is 342 g/mol. The SMILES string of the molecule is CC1(C)CC(OCCCCCCOC2CCCCO2)CC(C)(C)N1. The molecule has 0 bridgehead atoms. The first-order valence-corrected chi connectivity index (χ1v) is 10.0. The molecule has 2 rings (SSSR count). The van der Waals surface area contributed by atoms with Crippen molar-refractivity contribution in [3.05, 3.63) is 0 Å². The van der Waals surface area contributed by atoms with E-state index in [4.69, 9.17) is 14.2 Å². The van der Waals surface area contributed by atoms with Crippen molar-refractivity contribution in [3.8, 4) is 0 Å². The number of ether oxygens (including phenoxy) is 3. The van der Waals surface area contributed by atoms with E-state index in [2.05, 4.69) is 33.0 Å². The van der Waals surface area contributed by atoms with Crippen molar-refractivity contribution >= 4 is 0 Å². The van der Waals surface area contributed by atoms with E-state index in [-0.39, 0.29) is 17.4 Å². The van der Waals surface area contributed by atoms with Gasteiger partial charge in [0.1, 0.15) is 0 Å². The van der Waals surface area contributed by atoms with E-state index >= 15 is 0 Å². The molecule has 0 saturated carbocycles. The molecule has 0 radical (unpaired) electrons. The largest absolute Gasteiger partial charge is 0.378 e. The standard InChI is InChI=1S/C20H39NO3/c1-19(2)15-17(16-20(3,4)21-19)22-12-8-5-6-9-13-23-18-11-7-10-14-24-18/h17-18,21H,5-16H2,1-4H3. The Balaban J connectivity index is 1.46. The van der Waals surface area contributed by atoms with Gasteiger partial charge in [-0.05, 0) is 72.6 Å². The molecule has 1 atom stereocenters. The monoisotopic (exact) mass is 341 g/mol. The lowest BCUT2D eigenvalue weighted by Crippen LogP contribution is -2.59. The Hall–Kier alpha value is -0.160. The molecule has 0 amide bonds. The molecule has 2 fully saturated rings. The lowest BCUT2D eigenvalue weighted by Gasteiger charge is -2.46. The maximum atomic E-state index is 6.16. The van der Waals surface area contributed by atoms with Gasteiger partial charge in [-0.1, -0.05) is 12.8 Å². The van der Waals surface area contributed by atoms with Crippen LogP contribution < -0.4 is 5.32 Å². The predicted octanol–water partition coefficient (Wildman–Crippen LogP) is 4.42. The highest BCUT2D eigenvalue weighted by Crippen LogP contribution is 2.30. The zero-order valence-electron chi connectivity index (χ0n) is 16.4. The van der Waals surface area contributed by atoms with Crippen LogP contribution in [-0.4, -0.2) is 43.3 Å². The Morgan fingerprint density at radius 1 is 0.875 bits per heavy atom. The molecule has 2 heterocycles. The number of piperidine rings is 1. The Labute approximate surface area is 149 Å². The van der Waals surface area contributed by atoms with Crippen LogP contribution in [0.3, 0.4) is 0 Å². The Morgan fingerprint density at radius 3 is 2.08 bits per heavy atom. The minimum atomic E-state index is 0.0636. The van der Waals surface area contributed by atoms with Gasteiger partial charge in [-0.3, -0.25) is 0 Å². The van der Waals surface area contributed by atoms with E-state index in [1.54, 1.807) is 0 Å². The van der Waals surface area contributed by atoms with Crippen LogP contribution >= 0.6 is 0 Å². The van der Waals surface area contributed by atoms with E-state index in [9.17, 15) is 0 Å². The molecule has 0 aromatic heterocycles. The Morgan fingerprint density at radius 2 is 1.50 bits per heavy atom. The third kappa shape index (κ3) is 7.81. The second-order valence-electron chi connectivity index (χ2n) is 8.87. The summed E-state index contributed by atoms with van der Waals surface area (Å²) in [5.74, 6) is 0. The number of nitrogens with one attached hydrogen (secondary N) is 1. The molecular weight excluding hydrogens is 302 g/mol. The molecule has 0 aliphatic carbocycles. The van der Waals surface area contributed by atoms with Gasteiger partial charge in [0.05, 0.1) is 6.10 Å². The molecule has 0 aromatic rings. The van der Waals surface area contributed by atoms with Crippen LogP contribution in [0.25, 0.3) is 0 Å². The summed E-state index contributed by atoms with van der Waals surface area (Å²) in [5.41, 5.74) is 0.343. The highest BCUT2D eigenvalue weighted by Gasteiger charge is 2.37. The fourth-order valence-electron chi connectivity index (χ4n) is 4.21. The quantitative estimate of drug-likeness (QED) is 0.630.